The van der Waals surface area contributed by atoms with E-state index in [0.717, 1.165) is 70.6 Å². The van der Waals surface area contributed by atoms with Gasteiger partial charge in [-0.1, -0.05) is 298 Å². The number of amides is 1. The van der Waals surface area contributed by atoms with E-state index in [-0.39, 0.29) is 18.9 Å². The summed E-state index contributed by atoms with van der Waals surface area (Å²) < 4.78 is 22.8. The standard InChI is InChI=1S/C77H137NO13/c1-3-5-7-9-11-13-15-17-19-21-23-25-26-27-28-29-30-31-32-33-34-35-36-37-38-39-40-41-43-45-47-49-51-53-55-57-59-61-69(82)78-65(66(81)60-58-56-54-52-50-48-46-44-42-24-22-20-18-16-14-12-10-8-6-4-2)64-88-76-74(87)72(85)75(68(63-80)90-76)91-77-73(86)71(84)70(83)67(62-79)89-77/h5,7,11,13,17,19,23,25,42,44,50,52,58,60,65-68,70-77,79-81,83-87H,3-4,6,8-10,12,14-16,18,20-22,24,26-41,43,45-49,51,53-57,59,61-64H2,1-2H3,(H,78,82)/b7-5-,13-11-,19-17-,25-23-,44-42+,52-50+,60-58+. The maximum absolute atomic E-state index is 13.3. The lowest BCUT2D eigenvalue weighted by molar-refractivity contribution is -0.359. The Morgan fingerprint density at radius 1 is 0.407 bits per heavy atom. The Balaban J connectivity index is 1.61. The minimum Gasteiger partial charge on any atom is -0.394 e. The van der Waals surface area contributed by atoms with Crippen molar-refractivity contribution >= 4 is 5.91 Å². The Bertz CT molecular complexity index is 1850. The molecular formula is C77H137NO13. The molecule has 0 aromatic carbocycles. The number of hydrogen-bond acceptors (Lipinski definition) is 13. The van der Waals surface area contributed by atoms with Gasteiger partial charge in [0.25, 0.3) is 0 Å². The Kier molecular flexibility index (Phi) is 56.3. The average molecular weight is 1280 g/mol. The van der Waals surface area contributed by atoms with E-state index >= 15 is 0 Å². The van der Waals surface area contributed by atoms with Crippen LogP contribution < -0.4 is 5.32 Å². The minimum atomic E-state index is -1.79. The van der Waals surface area contributed by atoms with Crippen LogP contribution >= 0.6 is 0 Å². The average Bonchev–Trinajstić information content (AvgIpc) is 1.04. The van der Waals surface area contributed by atoms with Gasteiger partial charge in [-0.15, -0.1) is 0 Å². The number of hydrogen-bond donors (Lipinski definition) is 9. The second-order valence-corrected chi connectivity index (χ2v) is 26.0. The van der Waals surface area contributed by atoms with E-state index < -0.39 is 86.8 Å². The molecule has 12 unspecified atom stereocenters. The lowest BCUT2D eigenvalue weighted by Crippen LogP contribution is -2.65. The number of nitrogens with one attached hydrogen (secondary N) is 1. The van der Waals surface area contributed by atoms with E-state index in [1.54, 1.807) is 6.08 Å². The van der Waals surface area contributed by atoms with Crippen LogP contribution in [-0.4, -0.2) is 140 Å². The molecule has 0 aromatic rings. The maximum Gasteiger partial charge on any atom is 0.220 e. The molecule has 14 nitrogen and oxygen atoms in total. The number of aliphatic hydroxyl groups excluding tert-OH is 8. The zero-order valence-corrected chi connectivity index (χ0v) is 57.6. The highest BCUT2D eigenvalue weighted by molar-refractivity contribution is 5.76. The molecule has 2 rings (SSSR count). The van der Waals surface area contributed by atoms with Gasteiger partial charge in [0.15, 0.2) is 12.6 Å². The molecule has 91 heavy (non-hydrogen) atoms. The number of allylic oxidation sites excluding steroid dienone is 13. The maximum atomic E-state index is 13.3. The number of aliphatic hydroxyl groups is 8. The Hall–Kier alpha value is -2.83. The summed E-state index contributed by atoms with van der Waals surface area (Å²) >= 11 is 0. The monoisotopic (exact) mass is 1280 g/mol. The zero-order valence-electron chi connectivity index (χ0n) is 57.6. The van der Waals surface area contributed by atoms with Crippen LogP contribution in [0.25, 0.3) is 0 Å². The number of rotatable bonds is 61. The molecule has 0 spiro atoms. The van der Waals surface area contributed by atoms with Crippen molar-refractivity contribution in [3.8, 4) is 0 Å². The predicted octanol–water partition coefficient (Wildman–Crippen LogP) is 16.0. The van der Waals surface area contributed by atoms with E-state index in [0.29, 0.717) is 12.8 Å². The number of ether oxygens (including phenoxy) is 4. The van der Waals surface area contributed by atoms with Gasteiger partial charge in [0.1, 0.15) is 48.8 Å². The smallest absolute Gasteiger partial charge is 0.220 e. The predicted molar refractivity (Wildman–Crippen MR) is 373 cm³/mol. The van der Waals surface area contributed by atoms with Gasteiger partial charge in [-0.25, -0.2) is 0 Å². The summed E-state index contributed by atoms with van der Waals surface area (Å²) in [6.45, 7) is 2.69. The van der Waals surface area contributed by atoms with E-state index in [1.807, 2.05) is 6.08 Å². The molecule has 2 saturated heterocycles. The molecule has 0 bridgehead atoms. The van der Waals surface area contributed by atoms with Crippen molar-refractivity contribution in [2.75, 3.05) is 19.8 Å². The summed E-state index contributed by atoms with van der Waals surface area (Å²) in [7, 11) is 0. The first kappa shape index (κ1) is 84.3. The van der Waals surface area contributed by atoms with Gasteiger partial charge in [0.2, 0.25) is 5.91 Å². The Morgan fingerprint density at radius 2 is 0.769 bits per heavy atom. The number of carbonyl (C=O) groups excluding carboxylic acids is 1. The molecule has 528 valence electrons. The van der Waals surface area contributed by atoms with Crippen molar-refractivity contribution in [3.05, 3.63) is 85.1 Å². The van der Waals surface area contributed by atoms with Gasteiger partial charge in [0.05, 0.1) is 32.0 Å². The summed E-state index contributed by atoms with van der Waals surface area (Å²) in [5.74, 6) is -0.250. The molecule has 2 aliphatic heterocycles. The van der Waals surface area contributed by atoms with Crippen molar-refractivity contribution in [2.24, 2.45) is 0 Å². The topological polar surface area (TPSA) is 228 Å². The van der Waals surface area contributed by atoms with Crippen LogP contribution in [0.3, 0.4) is 0 Å². The van der Waals surface area contributed by atoms with Crippen molar-refractivity contribution < 1.29 is 64.6 Å². The quantitative estimate of drug-likeness (QED) is 0.0204. The van der Waals surface area contributed by atoms with Gasteiger partial charge in [-0.05, 0) is 83.5 Å². The third-order valence-corrected chi connectivity index (χ3v) is 17.8. The largest absolute Gasteiger partial charge is 0.394 e. The van der Waals surface area contributed by atoms with E-state index in [2.05, 4.69) is 92.1 Å². The molecule has 0 aliphatic carbocycles. The van der Waals surface area contributed by atoms with Crippen molar-refractivity contribution in [1.29, 1.82) is 0 Å². The second-order valence-electron chi connectivity index (χ2n) is 26.0. The highest BCUT2D eigenvalue weighted by Gasteiger charge is 2.51. The second kappa shape index (κ2) is 60.8. The third kappa shape index (κ3) is 44.5. The highest BCUT2D eigenvalue weighted by Crippen LogP contribution is 2.30. The fraction of sp³-hybridized carbons (Fsp3) is 0.805. The van der Waals surface area contributed by atoms with E-state index in [9.17, 15) is 45.6 Å². The molecule has 9 N–H and O–H groups in total. The van der Waals surface area contributed by atoms with Gasteiger partial charge >= 0.3 is 0 Å². The van der Waals surface area contributed by atoms with Gasteiger partial charge in [0, 0.05) is 6.42 Å². The normalized spacial score (nSPS) is 23.3. The van der Waals surface area contributed by atoms with Crippen LogP contribution in [0.5, 0.6) is 0 Å². The van der Waals surface area contributed by atoms with Gasteiger partial charge in [-0.3, -0.25) is 4.79 Å². The molecule has 12 atom stereocenters. The van der Waals surface area contributed by atoms with Gasteiger partial charge < -0.3 is 65.1 Å². The lowest BCUT2D eigenvalue weighted by atomic mass is 9.97. The van der Waals surface area contributed by atoms with Crippen molar-refractivity contribution in [3.63, 3.8) is 0 Å². The van der Waals surface area contributed by atoms with Crippen molar-refractivity contribution in [2.45, 2.75) is 376 Å². The van der Waals surface area contributed by atoms with Crippen LogP contribution in [-0.2, 0) is 23.7 Å². The minimum absolute atomic E-state index is 0.250. The summed E-state index contributed by atoms with van der Waals surface area (Å²) in [4.78, 5) is 13.3. The van der Waals surface area contributed by atoms with Crippen LogP contribution in [0.4, 0.5) is 0 Å². The molecule has 14 heteroatoms. The van der Waals surface area contributed by atoms with Crippen LogP contribution in [0.1, 0.15) is 303 Å². The Labute approximate surface area is 554 Å². The summed E-state index contributed by atoms with van der Waals surface area (Å²) in [6.07, 6.45) is 68.0. The number of carbonyl (C=O) groups is 1. The Morgan fingerprint density at radius 3 is 1.21 bits per heavy atom. The molecule has 2 heterocycles. The summed E-state index contributed by atoms with van der Waals surface area (Å²) in [5, 5.41) is 87.4. The SMILES string of the molecule is CC/C=C\C/C=C\C/C=C\C/C=C\CCCCCCCCCCCCCCCCCCCCCCCCCCC(=O)NC(COC1OC(CO)C(OC2OC(CO)C(O)C(O)C2O)C(O)C1O)C(O)/C=C/CC/C=C/CC/C=C/CCCCCCCCCCCC. The molecule has 0 aromatic heterocycles. The van der Waals surface area contributed by atoms with Crippen molar-refractivity contribution in [1.82, 2.24) is 5.32 Å². The summed E-state index contributed by atoms with van der Waals surface area (Å²) in [6, 6.07) is -0.941. The molecule has 1 amide bonds. The van der Waals surface area contributed by atoms with Gasteiger partial charge in [-0.2, -0.15) is 0 Å². The third-order valence-electron chi connectivity index (χ3n) is 17.8. The molecule has 2 aliphatic rings. The zero-order chi connectivity index (χ0) is 65.9. The van der Waals surface area contributed by atoms with Crippen LogP contribution in [0.2, 0.25) is 0 Å². The lowest BCUT2D eigenvalue weighted by Gasteiger charge is -2.46. The highest BCUT2D eigenvalue weighted by atomic mass is 16.7. The summed E-state index contributed by atoms with van der Waals surface area (Å²) in [5.41, 5.74) is 0. The molecule has 2 fully saturated rings. The molecule has 0 saturated carbocycles. The fourth-order valence-corrected chi connectivity index (χ4v) is 11.9. The number of unbranched alkanes of at least 4 members (excludes halogenated alkanes) is 36. The fourth-order valence-electron chi connectivity index (χ4n) is 11.9. The molecule has 0 radical (unpaired) electrons. The van der Waals surface area contributed by atoms with Crippen LogP contribution in [0, 0.1) is 0 Å². The van der Waals surface area contributed by atoms with E-state index in [1.165, 1.54) is 199 Å². The molecular weight excluding hydrogens is 1150 g/mol. The first-order valence-electron chi connectivity index (χ1n) is 37.3. The first-order valence-corrected chi connectivity index (χ1v) is 37.3. The first-order chi connectivity index (χ1) is 44.6. The van der Waals surface area contributed by atoms with Crippen LogP contribution in [0.15, 0.2) is 85.1 Å². The van der Waals surface area contributed by atoms with E-state index in [4.69, 9.17) is 18.9 Å².